The lowest BCUT2D eigenvalue weighted by Gasteiger charge is -2.34. The van der Waals surface area contributed by atoms with Gasteiger partial charge < -0.3 is 4.90 Å². The van der Waals surface area contributed by atoms with Crippen LogP contribution in [0.4, 0.5) is 0 Å². The van der Waals surface area contributed by atoms with Crippen LogP contribution in [-0.4, -0.2) is 48.6 Å². The number of thioether (sulfide) groups is 1. The highest BCUT2D eigenvalue weighted by molar-refractivity contribution is 8.00. The summed E-state index contributed by atoms with van der Waals surface area (Å²) in [5.74, 6) is 0.703. The highest BCUT2D eigenvalue weighted by atomic mass is 35.5. The lowest BCUT2D eigenvalue weighted by atomic mass is 10.1. The lowest BCUT2D eigenvalue weighted by molar-refractivity contribution is -0.132. The van der Waals surface area contributed by atoms with Crippen LogP contribution in [0.3, 0.4) is 0 Å². The number of sulfone groups is 1. The van der Waals surface area contributed by atoms with Crippen molar-refractivity contribution < 1.29 is 13.2 Å². The average Bonchev–Trinajstić information content (AvgIpc) is 3.16. The molecule has 1 aromatic carbocycles. The molecule has 132 valence electrons. The van der Waals surface area contributed by atoms with Gasteiger partial charge in [-0.3, -0.25) is 4.79 Å². The first-order valence-corrected chi connectivity index (χ1v) is 11.5. The van der Waals surface area contributed by atoms with E-state index >= 15 is 0 Å². The molecule has 1 heterocycles. The first kappa shape index (κ1) is 18.1. The Morgan fingerprint density at radius 3 is 2.58 bits per heavy atom. The maximum atomic E-state index is 12.9. The zero-order chi connectivity index (χ0) is 17.2. The molecule has 0 spiro atoms. The Kier molecular flexibility index (Phi) is 5.78. The molecule has 1 saturated carbocycles. The second kappa shape index (κ2) is 7.67. The molecular weight excluding hydrogens is 366 g/mol. The molecule has 0 aromatic heterocycles. The summed E-state index contributed by atoms with van der Waals surface area (Å²) in [6, 6.07) is 7.51. The van der Waals surface area contributed by atoms with Crippen molar-refractivity contribution >= 4 is 39.1 Å². The second-order valence-electron chi connectivity index (χ2n) is 6.54. The van der Waals surface area contributed by atoms with Crippen LogP contribution < -0.4 is 0 Å². The van der Waals surface area contributed by atoms with Gasteiger partial charge in [0, 0.05) is 22.0 Å². The zero-order valence-corrected chi connectivity index (χ0v) is 15.9. The topological polar surface area (TPSA) is 54.5 Å². The number of amides is 1. The van der Waals surface area contributed by atoms with Crippen molar-refractivity contribution in [2.45, 2.75) is 49.1 Å². The minimum atomic E-state index is -2.99. The van der Waals surface area contributed by atoms with E-state index in [1.807, 2.05) is 29.2 Å². The fourth-order valence-electron chi connectivity index (χ4n) is 3.66. The number of benzene rings is 1. The number of carbonyl (C=O) groups is 1. The molecule has 1 aliphatic heterocycles. The predicted octanol–water partition coefficient (Wildman–Crippen LogP) is 3.39. The van der Waals surface area contributed by atoms with Crippen LogP contribution in [0.5, 0.6) is 0 Å². The van der Waals surface area contributed by atoms with Crippen molar-refractivity contribution in [1.29, 1.82) is 0 Å². The molecule has 4 nitrogen and oxygen atoms in total. The number of carbonyl (C=O) groups excluding carboxylic acids is 1. The number of nitrogens with zero attached hydrogens (tertiary/aromatic N) is 1. The summed E-state index contributed by atoms with van der Waals surface area (Å²) in [5, 5.41) is 0.655. The Labute approximate surface area is 152 Å². The monoisotopic (exact) mass is 387 g/mol. The minimum absolute atomic E-state index is 0.0500. The van der Waals surface area contributed by atoms with E-state index in [4.69, 9.17) is 11.6 Å². The van der Waals surface area contributed by atoms with Gasteiger partial charge >= 0.3 is 0 Å². The molecule has 7 heteroatoms. The summed E-state index contributed by atoms with van der Waals surface area (Å²) >= 11 is 7.45. The quantitative estimate of drug-likeness (QED) is 0.726. The van der Waals surface area contributed by atoms with E-state index in [1.54, 1.807) is 0 Å². The van der Waals surface area contributed by atoms with Gasteiger partial charge in [0.05, 0.1) is 17.3 Å². The molecule has 0 bridgehead atoms. The van der Waals surface area contributed by atoms with Crippen LogP contribution in [0.25, 0.3) is 0 Å². The van der Waals surface area contributed by atoms with Gasteiger partial charge in [-0.2, -0.15) is 0 Å². The molecular formula is C17H22ClNO3S2. The summed E-state index contributed by atoms with van der Waals surface area (Å²) in [7, 11) is -2.99. The number of halogens is 1. The normalized spacial score (nSPS) is 23.5. The van der Waals surface area contributed by atoms with Crippen LogP contribution in [0, 0.1) is 0 Å². The molecule has 1 amide bonds. The van der Waals surface area contributed by atoms with Crippen molar-refractivity contribution in [3.63, 3.8) is 0 Å². The molecule has 1 saturated heterocycles. The Balaban J connectivity index is 1.69. The summed E-state index contributed by atoms with van der Waals surface area (Å²) in [4.78, 5) is 15.7. The first-order valence-electron chi connectivity index (χ1n) is 8.34. The van der Waals surface area contributed by atoms with E-state index in [0.717, 1.165) is 30.6 Å². The van der Waals surface area contributed by atoms with Crippen molar-refractivity contribution in [3.8, 4) is 0 Å². The number of hydrogen-bond acceptors (Lipinski definition) is 4. The molecule has 3 rings (SSSR count). The van der Waals surface area contributed by atoms with Crippen molar-refractivity contribution in [1.82, 2.24) is 4.90 Å². The van der Waals surface area contributed by atoms with E-state index < -0.39 is 9.84 Å². The van der Waals surface area contributed by atoms with Gasteiger partial charge in [-0.15, -0.1) is 11.8 Å². The van der Waals surface area contributed by atoms with E-state index in [2.05, 4.69) is 0 Å². The Hall–Kier alpha value is -0.720. The molecule has 0 N–H and O–H groups in total. The molecule has 0 radical (unpaired) electrons. The second-order valence-corrected chi connectivity index (χ2v) is 10.3. The van der Waals surface area contributed by atoms with Gasteiger partial charge in [0.2, 0.25) is 5.91 Å². The summed E-state index contributed by atoms with van der Waals surface area (Å²) < 4.78 is 23.7. The molecule has 1 atom stereocenters. The van der Waals surface area contributed by atoms with Gasteiger partial charge in [0.25, 0.3) is 0 Å². The molecule has 24 heavy (non-hydrogen) atoms. The van der Waals surface area contributed by atoms with Gasteiger partial charge in [-0.05, 0) is 37.5 Å². The van der Waals surface area contributed by atoms with Crippen molar-refractivity contribution in [2.75, 3.05) is 17.3 Å². The summed E-state index contributed by atoms with van der Waals surface area (Å²) in [6.07, 6.45) is 4.80. The predicted molar refractivity (Wildman–Crippen MR) is 98.3 cm³/mol. The van der Waals surface area contributed by atoms with Crippen LogP contribution in [-0.2, 0) is 14.6 Å². The molecule has 1 unspecified atom stereocenters. The van der Waals surface area contributed by atoms with Crippen LogP contribution in [0.1, 0.15) is 32.1 Å². The third kappa shape index (κ3) is 4.46. The highest BCUT2D eigenvalue weighted by Gasteiger charge is 2.38. The van der Waals surface area contributed by atoms with E-state index in [1.165, 1.54) is 11.8 Å². The van der Waals surface area contributed by atoms with Crippen LogP contribution in [0.15, 0.2) is 29.2 Å². The average molecular weight is 388 g/mol. The summed E-state index contributed by atoms with van der Waals surface area (Å²) in [5.41, 5.74) is 0. The zero-order valence-electron chi connectivity index (χ0n) is 13.5. The fourth-order valence-corrected chi connectivity index (χ4v) is 6.45. The minimum Gasteiger partial charge on any atom is -0.335 e. The SMILES string of the molecule is O=C(CSc1cccc(Cl)c1)N(C1CCCC1)C1CCS(=O)(=O)C1. The maximum absolute atomic E-state index is 12.9. The van der Waals surface area contributed by atoms with Gasteiger partial charge in [-0.1, -0.05) is 30.5 Å². The van der Waals surface area contributed by atoms with Crippen LogP contribution >= 0.6 is 23.4 Å². The Bertz CT molecular complexity index is 702. The smallest absolute Gasteiger partial charge is 0.233 e. The Morgan fingerprint density at radius 2 is 1.96 bits per heavy atom. The van der Waals surface area contributed by atoms with Crippen molar-refractivity contribution in [2.24, 2.45) is 0 Å². The van der Waals surface area contributed by atoms with Crippen LogP contribution in [0.2, 0.25) is 5.02 Å². The third-order valence-corrected chi connectivity index (χ3v) is 7.73. The lowest BCUT2D eigenvalue weighted by Crippen LogP contribution is -2.47. The number of rotatable bonds is 5. The molecule has 1 aliphatic carbocycles. The van der Waals surface area contributed by atoms with Gasteiger partial charge in [0.1, 0.15) is 0 Å². The molecule has 2 aliphatic rings. The van der Waals surface area contributed by atoms with Gasteiger partial charge in [-0.25, -0.2) is 8.42 Å². The van der Waals surface area contributed by atoms with E-state index in [-0.39, 0.29) is 29.5 Å². The first-order chi connectivity index (χ1) is 11.4. The van der Waals surface area contributed by atoms with Gasteiger partial charge in [0.15, 0.2) is 9.84 Å². The Morgan fingerprint density at radius 1 is 1.21 bits per heavy atom. The molecule has 1 aromatic rings. The largest absolute Gasteiger partial charge is 0.335 e. The maximum Gasteiger partial charge on any atom is 0.233 e. The van der Waals surface area contributed by atoms with Crippen molar-refractivity contribution in [3.05, 3.63) is 29.3 Å². The molecule has 2 fully saturated rings. The van der Waals surface area contributed by atoms with E-state index in [0.29, 0.717) is 17.2 Å². The van der Waals surface area contributed by atoms with E-state index in [9.17, 15) is 13.2 Å². The summed E-state index contributed by atoms with van der Waals surface area (Å²) in [6.45, 7) is 0. The fraction of sp³-hybridized carbons (Fsp3) is 0.588. The third-order valence-electron chi connectivity index (χ3n) is 4.77. The standard InChI is InChI=1S/C17H22ClNO3S2/c18-13-4-3-7-16(10-13)23-11-17(20)19(14-5-1-2-6-14)15-8-9-24(21,22)12-15/h3-4,7,10,14-15H,1-2,5-6,8-9,11-12H2. The highest BCUT2D eigenvalue weighted by Crippen LogP contribution is 2.30. The number of hydrogen-bond donors (Lipinski definition) is 0.